The summed E-state index contributed by atoms with van der Waals surface area (Å²) in [6.45, 7) is 8.84. The molecule has 1 fully saturated rings. The van der Waals surface area contributed by atoms with Gasteiger partial charge in [0, 0.05) is 25.1 Å². The van der Waals surface area contributed by atoms with Gasteiger partial charge in [-0.3, -0.25) is 9.59 Å². The lowest BCUT2D eigenvalue weighted by atomic mass is 9.94. The Kier molecular flexibility index (Phi) is 21.6. The first-order chi connectivity index (χ1) is 17.6. The quantitative estimate of drug-likeness (QED) is 0.0842. The van der Waals surface area contributed by atoms with Gasteiger partial charge >= 0.3 is 11.9 Å². The van der Waals surface area contributed by atoms with E-state index in [1.54, 1.807) is 0 Å². The first-order valence-corrected chi connectivity index (χ1v) is 15.9. The second kappa shape index (κ2) is 23.4. The van der Waals surface area contributed by atoms with Gasteiger partial charge in [-0.15, -0.1) is 0 Å². The van der Waals surface area contributed by atoms with Gasteiger partial charge in [0.15, 0.2) is 0 Å². The maximum Gasteiger partial charge on any atom is 0.305 e. The Hall–Kier alpha value is -0.750. The van der Waals surface area contributed by atoms with Crippen molar-refractivity contribution in [3.05, 3.63) is 0 Å². The van der Waals surface area contributed by atoms with Crippen molar-refractivity contribution in [2.75, 3.05) is 38.6 Å². The first kappa shape index (κ1) is 33.3. The second-order valence-electron chi connectivity index (χ2n) is 10.8. The van der Waals surface area contributed by atoms with E-state index in [0.29, 0.717) is 44.3 Å². The van der Waals surface area contributed by atoms with E-state index in [9.17, 15) is 9.59 Å². The minimum absolute atomic E-state index is 0.169. The molecule has 0 aromatic rings. The fourth-order valence-corrected chi connectivity index (χ4v) is 5.38. The standard InChI is InChI=1S/C30H57NO4S/c1-3-5-7-9-10-12-15-28(14-11-8-6-4-2)26-35-30(33)17-13-16-29(32)34-24-20-27-18-21-31(22-19-27)23-25-36/h27-28,36H,3-26H2,1-2H3. The zero-order valence-electron chi connectivity index (χ0n) is 23.7. The predicted molar refractivity (Wildman–Crippen MR) is 154 cm³/mol. The summed E-state index contributed by atoms with van der Waals surface area (Å²) in [5.74, 6) is 1.68. The molecule has 1 atom stereocenters. The molecule has 1 saturated heterocycles. The van der Waals surface area contributed by atoms with Crippen molar-refractivity contribution in [3.8, 4) is 0 Å². The summed E-state index contributed by atoms with van der Waals surface area (Å²) in [7, 11) is 0. The van der Waals surface area contributed by atoms with Crippen molar-refractivity contribution in [2.24, 2.45) is 11.8 Å². The molecule has 0 spiro atoms. The van der Waals surface area contributed by atoms with E-state index >= 15 is 0 Å². The van der Waals surface area contributed by atoms with Crippen LogP contribution in [0, 0.1) is 11.8 Å². The van der Waals surface area contributed by atoms with Crippen molar-refractivity contribution in [1.82, 2.24) is 4.90 Å². The number of unbranched alkanes of at least 4 members (excludes halogenated alkanes) is 8. The molecule has 6 heteroatoms. The summed E-state index contributed by atoms with van der Waals surface area (Å²) in [5.41, 5.74) is 0. The number of rotatable bonds is 23. The van der Waals surface area contributed by atoms with Gasteiger partial charge in [-0.2, -0.15) is 12.6 Å². The van der Waals surface area contributed by atoms with Crippen LogP contribution in [0.15, 0.2) is 0 Å². The molecule has 0 radical (unpaired) electrons. The summed E-state index contributed by atoms with van der Waals surface area (Å²) < 4.78 is 11.1. The fourth-order valence-electron chi connectivity index (χ4n) is 5.10. The highest BCUT2D eigenvalue weighted by atomic mass is 32.1. The Balaban J connectivity index is 2.13. The molecular weight excluding hydrogens is 470 g/mol. The largest absolute Gasteiger partial charge is 0.466 e. The topological polar surface area (TPSA) is 55.8 Å². The average molecular weight is 528 g/mol. The lowest BCUT2D eigenvalue weighted by Gasteiger charge is -2.31. The summed E-state index contributed by atoms with van der Waals surface area (Å²) in [5, 5.41) is 0. The number of ether oxygens (including phenoxy) is 2. The summed E-state index contributed by atoms with van der Waals surface area (Å²) in [4.78, 5) is 26.8. The lowest BCUT2D eigenvalue weighted by molar-refractivity contribution is -0.146. The number of hydrogen-bond donors (Lipinski definition) is 1. The number of thiol groups is 1. The molecule has 1 aliphatic rings. The minimum Gasteiger partial charge on any atom is -0.466 e. The Morgan fingerprint density at radius 2 is 1.36 bits per heavy atom. The normalized spacial score (nSPS) is 15.6. The summed E-state index contributed by atoms with van der Waals surface area (Å²) in [6.07, 6.45) is 19.6. The van der Waals surface area contributed by atoms with Gasteiger partial charge in [0.25, 0.3) is 0 Å². The number of esters is 2. The molecule has 1 aliphatic heterocycles. The fraction of sp³-hybridized carbons (Fsp3) is 0.933. The summed E-state index contributed by atoms with van der Waals surface area (Å²) in [6, 6.07) is 0. The van der Waals surface area contributed by atoms with Crippen LogP contribution < -0.4 is 0 Å². The van der Waals surface area contributed by atoms with E-state index in [2.05, 4.69) is 31.4 Å². The van der Waals surface area contributed by atoms with Crippen LogP contribution in [0.5, 0.6) is 0 Å². The van der Waals surface area contributed by atoms with E-state index in [0.717, 1.165) is 44.6 Å². The highest BCUT2D eigenvalue weighted by molar-refractivity contribution is 7.80. The highest BCUT2D eigenvalue weighted by Gasteiger charge is 2.19. The van der Waals surface area contributed by atoms with Crippen LogP contribution in [0.1, 0.15) is 129 Å². The molecule has 0 amide bonds. The van der Waals surface area contributed by atoms with Crippen LogP contribution in [0.3, 0.4) is 0 Å². The Labute approximate surface area is 228 Å². The molecule has 0 bridgehead atoms. The second-order valence-corrected chi connectivity index (χ2v) is 11.3. The summed E-state index contributed by atoms with van der Waals surface area (Å²) >= 11 is 4.31. The molecule has 1 rings (SSSR count). The van der Waals surface area contributed by atoms with Crippen molar-refractivity contribution in [3.63, 3.8) is 0 Å². The van der Waals surface area contributed by atoms with Gasteiger partial charge < -0.3 is 14.4 Å². The Bertz CT molecular complexity index is 537. The third kappa shape index (κ3) is 18.5. The lowest BCUT2D eigenvalue weighted by Crippen LogP contribution is -2.35. The SMILES string of the molecule is CCCCCCCCC(CCCCCC)COC(=O)CCCC(=O)OCCC1CCN(CCS)CC1. The first-order valence-electron chi connectivity index (χ1n) is 15.2. The number of carbonyl (C=O) groups is 2. The molecule has 212 valence electrons. The molecule has 1 heterocycles. The zero-order valence-corrected chi connectivity index (χ0v) is 24.5. The highest BCUT2D eigenvalue weighted by Crippen LogP contribution is 2.21. The number of carbonyl (C=O) groups excluding carboxylic acids is 2. The van der Waals surface area contributed by atoms with Gasteiger partial charge in [0.05, 0.1) is 13.2 Å². The monoisotopic (exact) mass is 527 g/mol. The number of likely N-dealkylation sites (tertiary alicyclic amines) is 1. The van der Waals surface area contributed by atoms with Crippen LogP contribution in [-0.2, 0) is 19.1 Å². The predicted octanol–water partition coefficient (Wildman–Crippen LogP) is 7.61. The van der Waals surface area contributed by atoms with Gasteiger partial charge in [-0.25, -0.2) is 0 Å². The number of nitrogens with zero attached hydrogens (tertiary/aromatic N) is 1. The van der Waals surface area contributed by atoms with Crippen molar-refractivity contribution in [1.29, 1.82) is 0 Å². The molecule has 36 heavy (non-hydrogen) atoms. The van der Waals surface area contributed by atoms with Crippen molar-refractivity contribution < 1.29 is 19.1 Å². The maximum absolute atomic E-state index is 12.3. The molecule has 5 nitrogen and oxygen atoms in total. The molecule has 0 aromatic carbocycles. The molecular formula is C30H57NO4S. The smallest absolute Gasteiger partial charge is 0.305 e. The number of piperidine rings is 1. The van der Waals surface area contributed by atoms with Crippen LogP contribution >= 0.6 is 12.6 Å². The van der Waals surface area contributed by atoms with E-state index in [1.807, 2.05) is 0 Å². The minimum atomic E-state index is -0.188. The van der Waals surface area contributed by atoms with Crippen LogP contribution in [0.25, 0.3) is 0 Å². The van der Waals surface area contributed by atoms with E-state index in [4.69, 9.17) is 9.47 Å². The van der Waals surface area contributed by atoms with Crippen LogP contribution in [0.4, 0.5) is 0 Å². The van der Waals surface area contributed by atoms with Gasteiger partial charge in [0.1, 0.15) is 0 Å². The molecule has 1 unspecified atom stereocenters. The zero-order chi connectivity index (χ0) is 26.3. The number of hydrogen-bond acceptors (Lipinski definition) is 6. The van der Waals surface area contributed by atoms with E-state index in [-0.39, 0.29) is 11.9 Å². The average Bonchev–Trinajstić information content (AvgIpc) is 2.88. The molecule has 0 saturated carbocycles. The van der Waals surface area contributed by atoms with Gasteiger partial charge in [-0.1, -0.05) is 78.1 Å². The van der Waals surface area contributed by atoms with Gasteiger partial charge in [-0.05, 0) is 63.5 Å². The molecule has 0 aromatic heterocycles. The molecule has 0 N–H and O–H groups in total. The Morgan fingerprint density at radius 3 is 1.97 bits per heavy atom. The Morgan fingerprint density at radius 1 is 0.806 bits per heavy atom. The van der Waals surface area contributed by atoms with Crippen LogP contribution in [-0.4, -0.2) is 55.4 Å². The molecule has 0 aliphatic carbocycles. The van der Waals surface area contributed by atoms with Crippen molar-refractivity contribution in [2.45, 2.75) is 129 Å². The maximum atomic E-state index is 12.3. The van der Waals surface area contributed by atoms with E-state index < -0.39 is 0 Å². The van der Waals surface area contributed by atoms with E-state index in [1.165, 1.54) is 77.0 Å². The van der Waals surface area contributed by atoms with Crippen molar-refractivity contribution >= 4 is 24.6 Å². The van der Waals surface area contributed by atoms with Gasteiger partial charge in [0.2, 0.25) is 0 Å². The van der Waals surface area contributed by atoms with Crippen LogP contribution in [0.2, 0.25) is 0 Å². The third-order valence-electron chi connectivity index (χ3n) is 7.59. The third-order valence-corrected chi connectivity index (χ3v) is 7.79.